The number of aromatic nitrogens is 1. The summed E-state index contributed by atoms with van der Waals surface area (Å²) in [5.74, 6) is 0.696. The molecule has 2 heterocycles. The number of hydrogen-bond acceptors (Lipinski definition) is 4. The average Bonchev–Trinajstić information content (AvgIpc) is 2.28. The van der Waals surface area contributed by atoms with Gasteiger partial charge >= 0.3 is 0 Å². The third kappa shape index (κ3) is 1.10. The van der Waals surface area contributed by atoms with Crippen LogP contribution in [0.15, 0.2) is 28.4 Å². The number of nitrogens with one attached hydrogen (secondary N) is 1. The van der Waals surface area contributed by atoms with Crippen LogP contribution in [0.25, 0.3) is 0 Å². The Morgan fingerprint density at radius 2 is 2.36 bits per heavy atom. The molecule has 1 aliphatic rings. The third-order valence-electron chi connectivity index (χ3n) is 1.34. The van der Waals surface area contributed by atoms with Crippen molar-refractivity contribution < 1.29 is 0 Å². The van der Waals surface area contributed by atoms with Gasteiger partial charge < -0.3 is 0 Å². The maximum atomic E-state index is 4.05. The molecule has 0 amide bonds. The lowest BCUT2D eigenvalue weighted by Gasteiger charge is -1.92. The lowest BCUT2D eigenvalue weighted by molar-refractivity contribution is 1.07. The Balaban J connectivity index is 2.58. The molecule has 0 saturated heterocycles. The fourth-order valence-corrected chi connectivity index (χ4v) is 0.848. The molecule has 0 bridgehead atoms. The Morgan fingerprint density at radius 1 is 1.36 bits per heavy atom. The summed E-state index contributed by atoms with van der Waals surface area (Å²) in [4.78, 5) is 8.06. The Bertz CT molecular complexity index is 285. The van der Waals surface area contributed by atoms with E-state index in [9.17, 15) is 0 Å². The molecule has 0 atom stereocenters. The first kappa shape index (κ1) is 6.03. The fraction of sp³-hybridized carbons (Fsp3) is 0. The van der Waals surface area contributed by atoms with Crippen molar-refractivity contribution in [2.45, 2.75) is 0 Å². The zero-order valence-electron chi connectivity index (χ0n) is 5.73. The SMILES string of the molecule is C1=NNC=Nc2ncccc21. The standard InChI is InChI=1S/C7H6N4/c1-2-6-4-10-11-5-9-7(6)8-3-1/h1-5H,(H,8,9,11). The Hall–Kier alpha value is -1.71. The molecule has 54 valence electrons. The highest BCUT2D eigenvalue weighted by molar-refractivity contribution is 5.87. The van der Waals surface area contributed by atoms with Crippen molar-refractivity contribution in [3.63, 3.8) is 0 Å². The van der Waals surface area contributed by atoms with Gasteiger partial charge in [0.2, 0.25) is 0 Å². The zero-order valence-corrected chi connectivity index (χ0v) is 5.73. The minimum atomic E-state index is 0.696. The zero-order chi connectivity index (χ0) is 7.52. The summed E-state index contributed by atoms with van der Waals surface area (Å²) in [7, 11) is 0. The van der Waals surface area contributed by atoms with Crippen LogP contribution in [0.3, 0.4) is 0 Å². The lowest BCUT2D eigenvalue weighted by atomic mass is 10.3. The molecule has 0 aliphatic carbocycles. The Labute approximate surface area is 63.7 Å². The molecular formula is C7H6N4. The van der Waals surface area contributed by atoms with Gasteiger partial charge in [-0.2, -0.15) is 5.10 Å². The molecule has 0 spiro atoms. The van der Waals surface area contributed by atoms with Gasteiger partial charge in [-0.15, -0.1) is 0 Å². The van der Waals surface area contributed by atoms with E-state index in [0.29, 0.717) is 5.82 Å². The van der Waals surface area contributed by atoms with Crippen molar-refractivity contribution in [3.05, 3.63) is 23.9 Å². The second-order valence-corrected chi connectivity index (χ2v) is 2.06. The van der Waals surface area contributed by atoms with Crippen LogP contribution in [-0.2, 0) is 0 Å². The fourth-order valence-electron chi connectivity index (χ4n) is 0.848. The molecule has 1 N–H and O–H groups in total. The van der Waals surface area contributed by atoms with E-state index in [2.05, 4.69) is 20.5 Å². The molecule has 0 saturated carbocycles. The number of nitrogens with zero attached hydrogens (tertiary/aromatic N) is 3. The molecule has 11 heavy (non-hydrogen) atoms. The second-order valence-electron chi connectivity index (χ2n) is 2.06. The molecule has 4 heteroatoms. The number of hydrazone groups is 1. The second kappa shape index (κ2) is 2.49. The van der Waals surface area contributed by atoms with Gasteiger partial charge in [0.1, 0.15) is 6.34 Å². The summed E-state index contributed by atoms with van der Waals surface area (Å²) < 4.78 is 0. The summed E-state index contributed by atoms with van der Waals surface area (Å²) in [5, 5.41) is 3.85. The van der Waals surface area contributed by atoms with Crippen LogP contribution in [0.5, 0.6) is 0 Å². The summed E-state index contributed by atoms with van der Waals surface area (Å²) in [6.45, 7) is 0. The lowest BCUT2D eigenvalue weighted by Crippen LogP contribution is -1.98. The van der Waals surface area contributed by atoms with E-state index in [-0.39, 0.29) is 0 Å². The van der Waals surface area contributed by atoms with Crippen molar-refractivity contribution in [3.8, 4) is 0 Å². The van der Waals surface area contributed by atoms with Crippen molar-refractivity contribution >= 4 is 18.4 Å². The molecule has 4 nitrogen and oxygen atoms in total. The first-order valence-electron chi connectivity index (χ1n) is 3.23. The molecule has 1 aromatic heterocycles. The number of aliphatic imine (C=N–C) groups is 1. The van der Waals surface area contributed by atoms with Gasteiger partial charge in [0.15, 0.2) is 5.82 Å². The molecule has 2 rings (SSSR count). The monoisotopic (exact) mass is 146 g/mol. The Kier molecular flexibility index (Phi) is 1.37. The van der Waals surface area contributed by atoms with Crippen LogP contribution in [0.4, 0.5) is 5.82 Å². The van der Waals surface area contributed by atoms with E-state index >= 15 is 0 Å². The number of pyridine rings is 1. The van der Waals surface area contributed by atoms with Crippen LogP contribution in [0.2, 0.25) is 0 Å². The molecule has 0 aromatic carbocycles. The maximum absolute atomic E-state index is 4.05. The van der Waals surface area contributed by atoms with Gasteiger partial charge in [0.05, 0.1) is 6.21 Å². The molecular weight excluding hydrogens is 140 g/mol. The van der Waals surface area contributed by atoms with Gasteiger partial charge in [-0.3, -0.25) is 5.43 Å². The molecule has 1 aliphatic heterocycles. The van der Waals surface area contributed by atoms with Gasteiger partial charge in [0, 0.05) is 11.8 Å². The van der Waals surface area contributed by atoms with Crippen LogP contribution in [0, 0.1) is 0 Å². The highest BCUT2D eigenvalue weighted by atomic mass is 15.3. The van der Waals surface area contributed by atoms with Crippen LogP contribution in [-0.4, -0.2) is 17.5 Å². The summed E-state index contributed by atoms with van der Waals surface area (Å²) >= 11 is 0. The van der Waals surface area contributed by atoms with Gasteiger partial charge in [-0.25, -0.2) is 9.98 Å². The summed E-state index contributed by atoms with van der Waals surface area (Å²) in [6, 6.07) is 3.77. The molecule has 0 fully saturated rings. The summed E-state index contributed by atoms with van der Waals surface area (Å²) in [5.41, 5.74) is 3.56. The minimum Gasteiger partial charge on any atom is -0.268 e. The largest absolute Gasteiger partial charge is 0.268 e. The number of rotatable bonds is 0. The topological polar surface area (TPSA) is 49.6 Å². The van der Waals surface area contributed by atoms with Crippen LogP contribution in [0.1, 0.15) is 5.56 Å². The van der Waals surface area contributed by atoms with Crippen molar-refractivity contribution in [1.29, 1.82) is 0 Å². The van der Waals surface area contributed by atoms with E-state index in [4.69, 9.17) is 0 Å². The highest BCUT2D eigenvalue weighted by Crippen LogP contribution is 2.12. The first-order valence-corrected chi connectivity index (χ1v) is 3.23. The first-order chi connectivity index (χ1) is 5.47. The molecule has 0 unspecified atom stereocenters. The molecule has 0 radical (unpaired) electrons. The van der Waals surface area contributed by atoms with E-state index in [0.717, 1.165) is 5.56 Å². The minimum absolute atomic E-state index is 0.696. The maximum Gasteiger partial charge on any atom is 0.162 e. The van der Waals surface area contributed by atoms with E-state index in [1.165, 1.54) is 6.34 Å². The van der Waals surface area contributed by atoms with Gasteiger partial charge in [-0.05, 0) is 12.1 Å². The van der Waals surface area contributed by atoms with E-state index in [1.54, 1.807) is 12.4 Å². The quantitative estimate of drug-likeness (QED) is 0.585. The van der Waals surface area contributed by atoms with Gasteiger partial charge in [-0.1, -0.05) is 0 Å². The predicted octanol–water partition coefficient (Wildman–Crippen LogP) is 0.678. The van der Waals surface area contributed by atoms with Crippen molar-refractivity contribution in [2.75, 3.05) is 0 Å². The predicted molar refractivity (Wildman–Crippen MR) is 43.1 cm³/mol. The number of fused-ring (bicyclic) bond motifs is 1. The number of hydrogen-bond donors (Lipinski definition) is 1. The normalized spacial score (nSPS) is 13.5. The smallest absolute Gasteiger partial charge is 0.162 e. The van der Waals surface area contributed by atoms with Gasteiger partial charge in [0.25, 0.3) is 0 Å². The average molecular weight is 146 g/mol. The summed E-state index contributed by atoms with van der Waals surface area (Å²) in [6.07, 6.45) is 4.90. The Morgan fingerprint density at radius 3 is 3.36 bits per heavy atom. The van der Waals surface area contributed by atoms with Crippen LogP contribution >= 0.6 is 0 Å². The van der Waals surface area contributed by atoms with Crippen LogP contribution < -0.4 is 5.43 Å². The highest BCUT2D eigenvalue weighted by Gasteiger charge is 1.98. The third-order valence-corrected chi connectivity index (χ3v) is 1.34. The van der Waals surface area contributed by atoms with E-state index < -0.39 is 0 Å². The molecule has 1 aromatic rings. The van der Waals surface area contributed by atoms with Crippen molar-refractivity contribution in [2.24, 2.45) is 10.1 Å². The van der Waals surface area contributed by atoms with Crippen molar-refractivity contribution in [1.82, 2.24) is 10.4 Å². The van der Waals surface area contributed by atoms with E-state index in [1.807, 2.05) is 12.1 Å².